The lowest BCUT2D eigenvalue weighted by molar-refractivity contribution is 0.631. The number of hydrazone groups is 1. The maximum Gasteiger partial charge on any atom is 0.0463 e. The van der Waals surface area contributed by atoms with Crippen molar-refractivity contribution in [1.82, 2.24) is 10.7 Å². The average molecular weight is 276 g/mol. The van der Waals surface area contributed by atoms with Gasteiger partial charge in [-0.1, -0.05) is 19.9 Å². The summed E-state index contributed by atoms with van der Waals surface area (Å²) in [5, 5.41) is 7.90. The molecule has 0 aromatic rings. The molecule has 4 heteroatoms. The zero-order valence-corrected chi connectivity index (χ0v) is 13.0. The highest BCUT2D eigenvalue weighted by molar-refractivity contribution is 5.90. The normalized spacial score (nSPS) is 23.7. The van der Waals surface area contributed by atoms with Crippen LogP contribution in [0.5, 0.6) is 0 Å². The molecule has 2 heterocycles. The van der Waals surface area contributed by atoms with Crippen molar-refractivity contribution in [2.75, 3.05) is 19.6 Å². The van der Waals surface area contributed by atoms with Gasteiger partial charge in [0.25, 0.3) is 0 Å². The zero-order valence-electron chi connectivity index (χ0n) is 13.0. The van der Waals surface area contributed by atoms with E-state index in [1.165, 1.54) is 5.71 Å². The fraction of sp³-hybridized carbons (Fsp3) is 0.625. The van der Waals surface area contributed by atoms with E-state index in [1.54, 1.807) is 6.92 Å². The van der Waals surface area contributed by atoms with Crippen molar-refractivity contribution >= 4 is 11.9 Å². The lowest BCUT2D eigenvalue weighted by Crippen LogP contribution is -2.22. The minimum atomic E-state index is 0.440. The second kappa shape index (κ2) is 13.8. The Kier molecular flexibility index (Phi) is 12.7. The first-order valence-corrected chi connectivity index (χ1v) is 7.44. The van der Waals surface area contributed by atoms with Gasteiger partial charge in [-0.25, -0.2) is 0 Å². The highest BCUT2D eigenvalue weighted by Gasteiger charge is 2.14. The Morgan fingerprint density at radius 1 is 1.30 bits per heavy atom. The Morgan fingerprint density at radius 3 is 2.70 bits per heavy atom. The SMILES string of the molecule is C#CC.C1=CC(/C2=N/NCCCNCC2)CC=N1.CC. The van der Waals surface area contributed by atoms with Gasteiger partial charge in [-0.15, -0.1) is 12.3 Å². The molecule has 0 aromatic heterocycles. The highest BCUT2D eigenvalue weighted by Crippen LogP contribution is 2.12. The molecular formula is C16H28N4. The molecule has 1 unspecified atom stereocenters. The quantitative estimate of drug-likeness (QED) is 0.723. The Morgan fingerprint density at radius 2 is 2.05 bits per heavy atom. The molecule has 0 saturated heterocycles. The largest absolute Gasteiger partial charge is 0.316 e. The monoisotopic (exact) mass is 276 g/mol. The third-order valence-corrected chi connectivity index (χ3v) is 2.72. The molecule has 112 valence electrons. The van der Waals surface area contributed by atoms with E-state index in [9.17, 15) is 0 Å². The lowest BCUT2D eigenvalue weighted by Gasteiger charge is -2.15. The van der Waals surface area contributed by atoms with Crippen molar-refractivity contribution in [3.8, 4) is 12.3 Å². The maximum atomic E-state index is 4.60. The summed E-state index contributed by atoms with van der Waals surface area (Å²) in [5.74, 6) is 2.69. The van der Waals surface area contributed by atoms with Gasteiger partial charge in [0.05, 0.1) is 0 Å². The molecular weight excluding hydrogens is 248 g/mol. The lowest BCUT2D eigenvalue weighted by atomic mass is 9.96. The summed E-state index contributed by atoms with van der Waals surface area (Å²) in [6.45, 7) is 8.72. The van der Waals surface area contributed by atoms with Crippen molar-refractivity contribution in [1.29, 1.82) is 0 Å². The van der Waals surface area contributed by atoms with Crippen LogP contribution in [0.15, 0.2) is 22.4 Å². The Hall–Kier alpha value is -1.60. The summed E-state index contributed by atoms with van der Waals surface area (Å²) in [5.41, 5.74) is 4.39. The molecule has 0 amide bonds. The first-order chi connectivity index (χ1) is 9.88. The molecule has 0 radical (unpaired) electrons. The molecule has 0 fully saturated rings. The number of allylic oxidation sites excluding steroid dienone is 1. The zero-order chi connectivity index (χ0) is 15.1. The van der Waals surface area contributed by atoms with E-state index in [0.29, 0.717) is 5.92 Å². The van der Waals surface area contributed by atoms with Gasteiger partial charge in [0.2, 0.25) is 0 Å². The van der Waals surface area contributed by atoms with Gasteiger partial charge in [-0.2, -0.15) is 5.10 Å². The first kappa shape index (κ1) is 18.4. The van der Waals surface area contributed by atoms with Gasteiger partial charge in [-0.05, 0) is 26.3 Å². The smallest absolute Gasteiger partial charge is 0.0463 e. The summed E-state index contributed by atoms with van der Waals surface area (Å²) in [6, 6.07) is 0. The van der Waals surface area contributed by atoms with Gasteiger partial charge in [-0.3, -0.25) is 4.99 Å². The Balaban J connectivity index is 0.000000641. The molecule has 20 heavy (non-hydrogen) atoms. The maximum absolute atomic E-state index is 4.60. The molecule has 0 spiro atoms. The van der Waals surface area contributed by atoms with Crippen molar-refractivity contribution in [3.63, 3.8) is 0 Å². The summed E-state index contributed by atoms with van der Waals surface area (Å²) >= 11 is 0. The van der Waals surface area contributed by atoms with Crippen molar-refractivity contribution in [2.24, 2.45) is 16.0 Å². The molecule has 2 aliphatic rings. The van der Waals surface area contributed by atoms with Crippen LogP contribution in [0.1, 0.15) is 40.0 Å². The van der Waals surface area contributed by atoms with E-state index in [0.717, 1.165) is 38.9 Å². The van der Waals surface area contributed by atoms with Gasteiger partial charge < -0.3 is 10.7 Å². The van der Waals surface area contributed by atoms with Crippen LogP contribution in [-0.4, -0.2) is 31.6 Å². The minimum Gasteiger partial charge on any atom is -0.316 e. The number of terminal acetylenes is 1. The summed E-state index contributed by atoms with van der Waals surface area (Å²) < 4.78 is 0. The topological polar surface area (TPSA) is 48.8 Å². The van der Waals surface area contributed by atoms with Crippen LogP contribution < -0.4 is 10.7 Å². The highest BCUT2D eigenvalue weighted by atomic mass is 15.3. The van der Waals surface area contributed by atoms with Crippen LogP contribution in [0.2, 0.25) is 0 Å². The van der Waals surface area contributed by atoms with Crippen molar-refractivity contribution < 1.29 is 0 Å². The van der Waals surface area contributed by atoms with Crippen molar-refractivity contribution in [2.45, 2.75) is 40.0 Å². The summed E-state index contributed by atoms with van der Waals surface area (Å²) in [4.78, 5) is 4.09. The molecule has 0 aromatic carbocycles. The van der Waals surface area contributed by atoms with Crippen LogP contribution in [0, 0.1) is 18.3 Å². The van der Waals surface area contributed by atoms with E-state index in [2.05, 4.69) is 39.3 Å². The third kappa shape index (κ3) is 8.49. The molecule has 0 aliphatic carbocycles. The molecule has 2 aliphatic heterocycles. The predicted octanol–water partition coefficient (Wildman–Crippen LogP) is 2.59. The number of nitrogens with zero attached hydrogens (tertiary/aromatic N) is 2. The predicted molar refractivity (Wildman–Crippen MR) is 89.1 cm³/mol. The fourth-order valence-electron chi connectivity index (χ4n) is 1.83. The number of hydrogen-bond acceptors (Lipinski definition) is 4. The molecule has 2 rings (SSSR count). The van der Waals surface area contributed by atoms with Gasteiger partial charge in [0, 0.05) is 43.6 Å². The second-order valence-corrected chi connectivity index (χ2v) is 4.17. The van der Waals surface area contributed by atoms with Crippen LogP contribution >= 0.6 is 0 Å². The fourth-order valence-corrected chi connectivity index (χ4v) is 1.83. The molecule has 0 saturated carbocycles. The van der Waals surface area contributed by atoms with E-state index in [4.69, 9.17) is 0 Å². The number of rotatable bonds is 1. The third-order valence-electron chi connectivity index (χ3n) is 2.72. The first-order valence-electron chi connectivity index (χ1n) is 7.44. The van der Waals surface area contributed by atoms with E-state index in [1.807, 2.05) is 26.3 Å². The minimum absolute atomic E-state index is 0.440. The van der Waals surface area contributed by atoms with E-state index in [-0.39, 0.29) is 0 Å². The molecule has 2 N–H and O–H groups in total. The van der Waals surface area contributed by atoms with Gasteiger partial charge in [0.1, 0.15) is 0 Å². The van der Waals surface area contributed by atoms with Crippen LogP contribution in [-0.2, 0) is 0 Å². The van der Waals surface area contributed by atoms with E-state index < -0.39 is 0 Å². The van der Waals surface area contributed by atoms with Crippen LogP contribution in [0.3, 0.4) is 0 Å². The van der Waals surface area contributed by atoms with Crippen LogP contribution in [0.4, 0.5) is 0 Å². The van der Waals surface area contributed by atoms with Crippen LogP contribution in [0.25, 0.3) is 0 Å². The number of aliphatic imine (C=N–C) groups is 1. The summed E-state index contributed by atoms with van der Waals surface area (Å²) in [7, 11) is 0. The molecule has 1 atom stereocenters. The molecule has 4 nitrogen and oxygen atoms in total. The Labute approximate surface area is 123 Å². The van der Waals surface area contributed by atoms with Gasteiger partial charge >= 0.3 is 0 Å². The van der Waals surface area contributed by atoms with Gasteiger partial charge in [0.15, 0.2) is 0 Å². The van der Waals surface area contributed by atoms with E-state index >= 15 is 0 Å². The standard InChI is InChI=1S/C11H18N4.C3H4.C2H6/c1-5-12-9-4-11(15-14-6-1)10-2-7-13-8-3-10;1-3-2;1-2/h2,7-8,10,12,14H,1,3-6,9H2;1H,2H3;1-2H3/b15-11+;;. The average Bonchev–Trinajstić information content (AvgIpc) is 2.65. The molecule has 0 bridgehead atoms. The number of hydrogen-bond donors (Lipinski definition) is 2. The summed E-state index contributed by atoms with van der Waals surface area (Å²) in [6.07, 6.45) is 13.7. The second-order valence-electron chi connectivity index (χ2n) is 4.17. The Bertz CT molecular complexity index is 350. The number of nitrogens with one attached hydrogen (secondary N) is 2. The van der Waals surface area contributed by atoms with Crippen molar-refractivity contribution in [3.05, 3.63) is 12.3 Å².